The van der Waals surface area contributed by atoms with Crippen LogP contribution >= 0.6 is 0 Å². The summed E-state index contributed by atoms with van der Waals surface area (Å²) in [5.41, 5.74) is -1.04. The first-order chi connectivity index (χ1) is 14.1. The molecule has 0 bridgehead atoms. The van der Waals surface area contributed by atoms with Crippen LogP contribution in [-0.4, -0.2) is 64.1 Å². The average molecular weight is 452 g/mol. The molecule has 2 aromatic rings. The fourth-order valence-electron chi connectivity index (χ4n) is 3.26. The Kier molecular flexibility index (Phi) is 5.40. The van der Waals surface area contributed by atoms with Crippen molar-refractivity contribution in [3.8, 4) is 0 Å². The van der Waals surface area contributed by atoms with Gasteiger partial charge in [-0.25, -0.2) is 13.2 Å². The lowest BCUT2D eigenvalue weighted by atomic mass is 9.77. The lowest BCUT2D eigenvalue weighted by Crippen LogP contribution is -2.41. The molecule has 2 N–H and O–H groups in total. The Labute approximate surface area is 180 Å². The zero-order valence-electron chi connectivity index (χ0n) is 18.4. The maximum atomic E-state index is 12.4. The lowest BCUT2D eigenvalue weighted by molar-refractivity contribution is 0.00578. The van der Waals surface area contributed by atoms with Crippen molar-refractivity contribution in [3.63, 3.8) is 0 Å². The second-order valence-corrected chi connectivity index (χ2v) is 10.4. The predicted molar refractivity (Wildman–Crippen MR) is 116 cm³/mol. The topological polar surface area (TPSA) is 135 Å². The van der Waals surface area contributed by atoms with Gasteiger partial charge in [0, 0.05) is 31.0 Å². The van der Waals surface area contributed by atoms with Gasteiger partial charge in [-0.05, 0) is 33.8 Å². The number of carboxylic acids is 1. The van der Waals surface area contributed by atoms with E-state index in [4.69, 9.17) is 13.7 Å². The molecule has 3 rings (SSSR count). The highest BCUT2D eigenvalue weighted by molar-refractivity contribution is 7.92. The molecule has 0 aliphatic carbocycles. The highest BCUT2D eigenvalue weighted by Crippen LogP contribution is 2.38. The zero-order valence-corrected chi connectivity index (χ0v) is 19.2. The molecule has 31 heavy (non-hydrogen) atoms. The summed E-state index contributed by atoms with van der Waals surface area (Å²) in [6, 6.07) is 2.85. The first kappa shape index (κ1) is 23.1. The molecule has 1 aliphatic heterocycles. The van der Waals surface area contributed by atoms with Crippen LogP contribution in [-0.2, 0) is 19.3 Å². The third-order valence-electron chi connectivity index (χ3n) is 5.83. The van der Waals surface area contributed by atoms with Crippen LogP contribution in [0, 0.1) is 0 Å². The third-order valence-corrected chi connectivity index (χ3v) is 7.02. The summed E-state index contributed by atoms with van der Waals surface area (Å²) in [6.45, 7) is 7.40. The number of furan rings is 1. The molecule has 0 radical (unpaired) electrons. The Morgan fingerprint density at radius 2 is 1.68 bits per heavy atom. The van der Waals surface area contributed by atoms with Crippen molar-refractivity contribution in [1.82, 2.24) is 5.32 Å². The van der Waals surface area contributed by atoms with E-state index in [2.05, 4.69) is 5.32 Å². The molecule has 0 unspecified atom stereocenters. The van der Waals surface area contributed by atoms with Crippen molar-refractivity contribution >= 4 is 51.1 Å². The molecule has 1 aromatic heterocycles. The lowest BCUT2D eigenvalue weighted by Gasteiger charge is -2.32. The molecule has 1 saturated heterocycles. The zero-order chi connectivity index (χ0) is 23.5. The van der Waals surface area contributed by atoms with Crippen LogP contribution in [0.4, 0.5) is 5.69 Å². The molecule has 0 spiro atoms. The number of fused-ring (bicyclic) bond motifs is 1. The molecular formula is C19H25BN2O8S. The number of aromatic carboxylic acids is 1. The van der Waals surface area contributed by atoms with Crippen LogP contribution in [0.2, 0.25) is 0 Å². The van der Waals surface area contributed by atoms with Crippen LogP contribution in [0.3, 0.4) is 0 Å². The van der Waals surface area contributed by atoms with Gasteiger partial charge in [0.2, 0.25) is 15.8 Å². The number of carbonyl (C=O) groups excluding carboxylic acids is 1. The number of carbonyl (C=O) groups is 2. The van der Waals surface area contributed by atoms with Gasteiger partial charge in [-0.3, -0.25) is 9.10 Å². The Morgan fingerprint density at radius 3 is 2.13 bits per heavy atom. The molecule has 1 amide bonds. The largest absolute Gasteiger partial charge is 0.497 e. The van der Waals surface area contributed by atoms with E-state index >= 15 is 0 Å². The van der Waals surface area contributed by atoms with Crippen molar-refractivity contribution < 1.29 is 36.8 Å². The highest BCUT2D eigenvalue weighted by atomic mass is 32.2. The Bertz CT molecular complexity index is 1170. The molecule has 10 nitrogen and oxygen atoms in total. The van der Waals surface area contributed by atoms with Crippen LogP contribution in [0.15, 0.2) is 16.5 Å². The van der Waals surface area contributed by atoms with Gasteiger partial charge in [-0.15, -0.1) is 0 Å². The number of sulfonamides is 1. The summed E-state index contributed by atoms with van der Waals surface area (Å²) in [6.07, 6.45) is 1.03. The summed E-state index contributed by atoms with van der Waals surface area (Å²) in [5, 5.41) is 12.1. The standard InChI is InChI=1S/C19H25BN2O8S/c1-18(2)19(3,4)30-20(29-18)11-8-10-13(9-12(11)22(6)31(7,26)27)28-15(17(24)25)14(10)16(23)21-5/h8-9H,1-7H3,(H,21,23)(H,24,25). The summed E-state index contributed by atoms with van der Waals surface area (Å²) in [4.78, 5) is 24.1. The number of carboxylic acid groups (broad SMARTS) is 1. The maximum absolute atomic E-state index is 12.4. The molecule has 0 saturated carbocycles. The number of hydrogen-bond donors (Lipinski definition) is 2. The number of anilines is 1. The third kappa shape index (κ3) is 3.79. The number of hydrogen-bond acceptors (Lipinski definition) is 7. The van der Waals surface area contributed by atoms with E-state index in [1.54, 1.807) is 0 Å². The van der Waals surface area contributed by atoms with Gasteiger partial charge in [-0.2, -0.15) is 0 Å². The fraction of sp³-hybridized carbons (Fsp3) is 0.474. The van der Waals surface area contributed by atoms with E-state index in [0.29, 0.717) is 5.46 Å². The highest BCUT2D eigenvalue weighted by Gasteiger charge is 2.52. The molecule has 168 valence electrons. The quantitative estimate of drug-likeness (QED) is 0.646. The number of amides is 1. The van der Waals surface area contributed by atoms with E-state index in [0.717, 1.165) is 10.6 Å². The SMILES string of the molecule is CNC(=O)c1c(C(=O)O)oc2cc(N(C)S(C)(=O)=O)c(B3OC(C)(C)C(C)(C)O3)cc12. The second kappa shape index (κ2) is 7.25. The number of benzene rings is 1. The van der Waals surface area contributed by atoms with Crippen molar-refractivity contribution in [2.75, 3.05) is 24.7 Å². The van der Waals surface area contributed by atoms with Crippen molar-refractivity contribution in [1.29, 1.82) is 0 Å². The normalized spacial score (nSPS) is 17.7. The van der Waals surface area contributed by atoms with Gasteiger partial charge >= 0.3 is 13.1 Å². The molecule has 1 aliphatic rings. The van der Waals surface area contributed by atoms with Crippen LogP contribution < -0.4 is 15.1 Å². The van der Waals surface area contributed by atoms with Gasteiger partial charge < -0.3 is 24.1 Å². The summed E-state index contributed by atoms with van der Waals surface area (Å²) in [7, 11) is -1.93. The maximum Gasteiger partial charge on any atom is 0.497 e. The summed E-state index contributed by atoms with van der Waals surface area (Å²) >= 11 is 0. The second-order valence-electron chi connectivity index (χ2n) is 8.42. The number of nitrogens with one attached hydrogen (secondary N) is 1. The van der Waals surface area contributed by atoms with Crippen molar-refractivity contribution in [3.05, 3.63) is 23.5 Å². The molecule has 1 fully saturated rings. The average Bonchev–Trinajstić information content (AvgIpc) is 3.12. The first-order valence-electron chi connectivity index (χ1n) is 9.46. The van der Waals surface area contributed by atoms with Crippen molar-refractivity contribution in [2.24, 2.45) is 0 Å². The van der Waals surface area contributed by atoms with Gasteiger partial charge in [-0.1, -0.05) is 0 Å². The Balaban J connectivity index is 2.35. The molecule has 0 atom stereocenters. The minimum Gasteiger partial charge on any atom is -0.475 e. The van der Waals surface area contributed by atoms with E-state index in [1.165, 1.54) is 26.2 Å². The minimum atomic E-state index is -3.69. The van der Waals surface area contributed by atoms with E-state index in [-0.39, 0.29) is 22.2 Å². The van der Waals surface area contributed by atoms with Gasteiger partial charge in [0.1, 0.15) is 11.1 Å². The summed E-state index contributed by atoms with van der Waals surface area (Å²) < 4.78 is 43.2. The smallest absolute Gasteiger partial charge is 0.475 e. The van der Waals surface area contributed by atoms with E-state index in [1.807, 2.05) is 27.7 Å². The van der Waals surface area contributed by atoms with Gasteiger partial charge in [0.15, 0.2) is 0 Å². The molecule has 12 heteroatoms. The molecular weight excluding hydrogens is 427 g/mol. The molecule has 1 aromatic carbocycles. The van der Waals surface area contributed by atoms with Gasteiger partial charge in [0.05, 0.1) is 23.1 Å². The number of rotatable bonds is 5. The van der Waals surface area contributed by atoms with Crippen LogP contribution in [0.5, 0.6) is 0 Å². The Morgan fingerprint density at radius 1 is 1.13 bits per heavy atom. The monoisotopic (exact) mass is 452 g/mol. The van der Waals surface area contributed by atoms with Gasteiger partial charge in [0.25, 0.3) is 5.91 Å². The molecule has 2 heterocycles. The van der Waals surface area contributed by atoms with Crippen LogP contribution in [0.1, 0.15) is 48.6 Å². The minimum absolute atomic E-state index is 0.0433. The first-order valence-corrected chi connectivity index (χ1v) is 11.3. The number of nitrogens with zero attached hydrogens (tertiary/aromatic N) is 1. The van der Waals surface area contributed by atoms with E-state index < -0.39 is 46.0 Å². The van der Waals surface area contributed by atoms with Crippen molar-refractivity contribution in [2.45, 2.75) is 38.9 Å². The van der Waals surface area contributed by atoms with E-state index in [9.17, 15) is 23.1 Å². The summed E-state index contributed by atoms with van der Waals surface area (Å²) in [5.74, 6) is -2.63. The Hall–Kier alpha value is -2.57. The van der Waals surface area contributed by atoms with Crippen LogP contribution in [0.25, 0.3) is 11.0 Å². The predicted octanol–water partition coefficient (Wildman–Crippen LogP) is 1.19. The fourth-order valence-corrected chi connectivity index (χ4v) is 3.78.